The maximum atomic E-state index is 8.00. The SMILES string of the molecule is C=O.CN.COc1ccc(-c2ccc3nc(Nc4ccccc4OCCC(C)C)nn3c2)cn1. The first kappa shape index (κ1) is 26.3. The van der Waals surface area contributed by atoms with E-state index in [1.165, 1.54) is 7.05 Å². The second-order valence-corrected chi connectivity index (χ2v) is 7.40. The van der Waals surface area contributed by atoms with E-state index in [1.807, 2.05) is 61.5 Å². The van der Waals surface area contributed by atoms with Crippen molar-refractivity contribution in [3.8, 4) is 22.8 Å². The van der Waals surface area contributed by atoms with Crippen LogP contribution in [0.15, 0.2) is 60.9 Å². The number of nitrogens with zero attached hydrogens (tertiary/aromatic N) is 4. The Morgan fingerprint density at radius 3 is 2.47 bits per heavy atom. The zero-order valence-corrected chi connectivity index (χ0v) is 20.1. The number of anilines is 2. The third kappa shape index (κ3) is 7.01. The molecule has 1 aromatic carbocycles. The summed E-state index contributed by atoms with van der Waals surface area (Å²) in [5, 5.41) is 7.85. The molecule has 0 amide bonds. The third-order valence-electron chi connectivity index (χ3n) is 4.70. The lowest BCUT2D eigenvalue weighted by atomic mass is 10.1. The van der Waals surface area contributed by atoms with Crippen LogP contribution in [0.2, 0.25) is 0 Å². The summed E-state index contributed by atoms with van der Waals surface area (Å²) in [4.78, 5) is 16.8. The number of pyridine rings is 2. The highest BCUT2D eigenvalue weighted by Crippen LogP contribution is 2.27. The van der Waals surface area contributed by atoms with Crippen molar-refractivity contribution in [2.45, 2.75) is 20.3 Å². The molecule has 3 heterocycles. The number of carbonyl (C=O) groups is 1. The minimum Gasteiger partial charge on any atom is -0.491 e. The number of fused-ring (bicyclic) bond motifs is 1. The molecular formula is C25H32N6O3. The number of hydrogen-bond donors (Lipinski definition) is 2. The molecular weight excluding hydrogens is 432 g/mol. The fourth-order valence-corrected chi connectivity index (χ4v) is 3.00. The lowest BCUT2D eigenvalue weighted by molar-refractivity contribution is -0.0979. The molecule has 0 saturated heterocycles. The van der Waals surface area contributed by atoms with E-state index >= 15 is 0 Å². The third-order valence-corrected chi connectivity index (χ3v) is 4.70. The number of benzene rings is 1. The molecule has 0 saturated carbocycles. The molecule has 0 spiro atoms. The van der Waals surface area contributed by atoms with Crippen molar-refractivity contribution >= 4 is 24.1 Å². The van der Waals surface area contributed by atoms with Crippen molar-refractivity contribution in [2.75, 3.05) is 26.1 Å². The first-order chi connectivity index (χ1) is 16.6. The number of carbonyl (C=O) groups excluding carboxylic acids is 1. The van der Waals surface area contributed by atoms with Crippen LogP contribution in [0.4, 0.5) is 11.6 Å². The van der Waals surface area contributed by atoms with Crippen molar-refractivity contribution < 1.29 is 14.3 Å². The maximum Gasteiger partial charge on any atom is 0.247 e. The predicted octanol–water partition coefficient (Wildman–Crippen LogP) is 4.36. The molecule has 9 nitrogen and oxygen atoms in total. The quantitative estimate of drug-likeness (QED) is 0.395. The van der Waals surface area contributed by atoms with E-state index in [0.29, 0.717) is 24.4 Å². The van der Waals surface area contributed by atoms with E-state index in [0.717, 1.165) is 34.6 Å². The van der Waals surface area contributed by atoms with E-state index in [2.05, 4.69) is 40.0 Å². The average Bonchev–Trinajstić information content (AvgIpc) is 3.29. The Labute approximate surface area is 200 Å². The maximum absolute atomic E-state index is 8.00. The van der Waals surface area contributed by atoms with Crippen LogP contribution in [-0.4, -0.2) is 47.1 Å². The van der Waals surface area contributed by atoms with Crippen LogP contribution in [-0.2, 0) is 4.79 Å². The molecule has 4 rings (SSSR count). The zero-order chi connectivity index (χ0) is 24.9. The molecule has 34 heavy (non-hydrogen) atoms. The van der Waals surface area contributed by atoms with Gasteiger partial charge in [-0.3, -0.25) is 0 Å². The van der Waals surface area contributed by atoms with E-state index in [4.69, 9.17) is 14.3 Å². The summed E-state index contributed by atoms with van der Waals surface area (Å²) in [6.07, 6.45) is 4.72. The fraction of sp³-hybridized carbons (Fsp3) is 0.280. The van der Waals surface area contributed by atoms with Crippen molar-refractivity contribution in [1.82, 2.24) is 19.6 Å². The van der Waals surface area contributed by atoms with Crippen LogP contribution in [0.3, 0.4) is 0 Å². The smallest absolute Gasteiger partial charge is 0.247 e. The van der Waals surface area contributed by atoms with Crippen LogP contribution in [0.1, 0.15) is 20.3 Å². The topological polar surface area (TPSA) is 117 Å². The summed E-state index contributed by atoms with van der Waals surface area (Å²) >= 11 is 0. The summed E-state index contributed by atoms with van der Waals surface area (Å²) in [6.45, 7) is 7.04. The Bertz CT molecular complexity index is 1150. The number of aromatic nitrogens is 4. The molecule has 0 aliphatic carbocycles. The van der Waals surface area contributed by atoms with Gasteiger partial charge in [-0.1, -0.05) is 26.0 Å². The van der Waals surface area contributed by atoms with Gasteiger partial charge >= 0.3 is 0 Å². The normalized spacial score (nSPS) is 10.1. The summed E-state index contributed by atoms with van der Waals surface area (Å²) in [5.41, 5.74) is 8.07. The minimum absolute atomic E-state index is 0.514. The van der Waals surface area contributed by atoms with Gasteiger partial charge in [-0.15, -0.1) is 5.10 Å². The molecule has 0 atom stereocenters. The fourth-order valence-electron chi connectivity index (χ4n) is 3.00. The van der Waals surface area contributed by atoms with Crippen LogP contribution in [0.25, 0.3) is 16.8 Å². The van der Waals surface area contributed by atoms with E-state index in [9.17, 15) is 0 Å². The Kier molecular flexibility index (Phi) is 10.5. The standard InChI is InChI=1S/C23H25N5O2.CH5N.CH2O/c1-16(2)12-13-30-20-7-5-4-6-19(20)25-23-26-21-10-8-18(15-28(21)27-23)17-9-11-22(29-3)24-14-17;2*1-2/h4-11,14-16H,12-13H2,1-3H3,(H,25,27);2H2,1H3;1H2. The van der Waals surface area contributed by atoms with Crippen LogP contribution >= 0.6 is 0 Å². The first-order valence-corrected chi connectivity index (χ1v) is 10.8. The molecule has 0 radical (unpaired) electrons. The van der Waals surface area contributed by atoms with Gasteiger partial charge in [0.05, 0.1) is 19.4 Å². The molecule has 3 N–H and O–H groups in total. The largest absolute Gasteiger partial charge is 0.491 e. The molecule has 0 fully saturated rings. The highest BCUT2D eigenvalue weighted by atomic mass is 16.5. The highest BCUT2D eigenvalue weighted by molar-refractivity contribution is 5.66. The molecule has 3 aromatic heterocycles. The zero-order valence-electron chi connectivity index (χ0n) is 20.1. The van der Waals surface area contributed by atoms with Crippen molar-refractivity contribution in [2.24, 2.45) is 11.7 Å². The van der Waals surface area contributed by atoms with Gasteiger partial charge in [0.25, 0.3) is 0 Å². The van der Waals surface area contributed by atoms with Gasteiger partial charge < -0.3 is 25.3 Å². The van der Waals surface area contributed by atoms with E-state index in [1.54, 1.807) is 17.8 Å². The van der Waals surface area contributed by atoms with Crippen molar-refractivity contribution in [3.63, 3.8) is 0 Å². The summed E-state index contributed by atoms with van der Waals surface area (Å²) in [6, 6.07) is 15.6. The van der Waals surface area contributed by atoms with Crippen LogP contribution in [0, 0.1) is 5.92 Å². The van der Waals surface area contributed by atoms with Crippen LogP contribution < -0.4 is 20.5 Å². The van der Waals surface area contributed by atoms with Crippen LogP contribution in [0.5, 0.6) is 11.6 Å². The van der Waals surface area contributed by atoms with E-state index < -0.39 is 0 Å². The van der Waals surface area contributed by atoms with Gasteiger partial charge in [-0.25, -0.2) is 9.50 Å². The molecule has 0 aliphatic heterocycles. The van der Waals surface area contributed by atoms with Gasteiger partial charge in [-0.05, 0) is 49.7 Å². The van der Waals surface area contributed by atoms with Gasteiger partial charge in [0.15, 0.2) is 5.65 Å². The lowest BCUT2D eigenvalue weighted by Crippen LogP contribution is -2.03. The molecule has 0 unspecified atom stereocenters. The molecule has 9 heteroatoms. The first-order valence-electron chi connectivity index (χ1n) is 10.8. The summed E-state index contributed by atoms with van der Waals surface area (Å²) in [7, 11) is 3.10. The number of ether oxygens (including phenoxy) is 2. The number of rotatable bonds is 8. The highest BCUT2D eigenvalue weighted by Gasteiger charge is 2.09. The van der Waals surface area contributed by atoms with Crippen molar-refractivity contribution in [3.05, 3.63) is 60.9 Å². The average molecular weight is 465 g/mol. The number of nitrogens with one attached hydrogen (secondary N) is 1. The summed E-state index contributed by atoms with van der Waals surface area (Å²) < 4.78 is 12.8. The minimum atomic E-state index is 0.514. The Morgan fingerprint density at radius 2 is 1.79 bits per heavy atom. The Balaban J connectivity index is 0.000000970. The Morgan fingerprint density at radius 1 is 1.06 bits per heavy atom. The molecule has 0 bridgehead atoms. The van der Waals surface area contributed by atoms with Crippen molar-refractivity contribution in [1.29, 1.82) is 0 Å². The molecule has 180 valence electrons. The van der Waals surface area contributed by atoms with E-state index in [-0.39, 0.29) is 0 Å². The second kappa shape index (κ2) is 13.5. The Hall–Kier alpha value is -3.98. The van der Waals surface area contributed by atoms with Gasteiger partial charge in [0.1, 0.15) is 12.5 Å². The van der Waals surface area contributed by atoms with Gasteiger partial charge in [0, 0.05) is 29.6 Å². The number of para-hydroxylation sites is 2. The van der Waals surface area contributed by atoms with Gasteiger partial charge in [-0.2, -0.15) is 4.98 Å². The predicted molar refractivity (Wildman–Crippen MR) is 135 cm³/mol. The monoisotopic (exact) mass is 464 g/mol. The summed E-state index contributed by atoms with van der Waals surface area (Å²) in [5.74, 6) is 2.49. The number of nitrogens with two attached hydrogens (primary N) is 1. The molecule has 4 aromatic rings. The second-order valence-electron chi connectivity index (χ2n) is 7.40. The van der Waals surface area contributed by atoms with Gasteiger partial charge in [0.2, 0.25) is 11.8 Å². The number of methoxy groups -OCH3 is 1. The molecule has 0 aliphatic rings. The number of hydrogen-bond acceptors (Lipinski definition) is 8. The lowest BCUT2D eigenvalue weighted by Gasteiger charge is -2.12.